The molecule has 1 fully saturated rings. The van der Waals surface area contributed by atoms with Crippen LogP contribution in [0.1, 0.15) is 23.2 Å². The van der Waals surface area contributed by atoms with Crippen molar-refractivity contribution in [1.82, 2.24) is 4.98 Å². The number of nitrogens with zero attached hydrogens (tertiary/aromatic N) is 2. The van der Waals surface area contributed by atoms with Crippen LogP contribution in [0.2, 0.25) is 0 Å². The SMILES string of the molecule is NC(=O)c1cc2ccccc2nc1N1CCCC1. The van der Waals surface area contributed by atoms with Crippen LogP contribution in [0.15, 0.2) is 30.3 Å². The first-order chi connectivity index (χ1) is 8.75. The average molecular weight is 241 g/mol. The Labute approximate surface area is 105 Å². The Balaban J connectivity index is 2.20. The monoisotopic (exact) mass is 241 g/mol. The molecule has 1 saturated heterocycles. The number of benzene rings is 1. The number of pyridine rings is 1. The summed E-state index contributed by atoms with van der Waals surface area (Å²) in [5, 5.41) is 0.953. The summed E-state index contributed by atoms with van der Waals surface area (Å²) < 4.78 is 0. The molecule has 1 amide bonds. The molecule has 1 aliphatic rings. The summed E-state index contributed by atoms with van der Waals surface area (Å²) in [5.41, 5.74) is 6.90. The highest BCUT2D eigenvalue weighted by molar-refractivity contribution is 6.01. The molecule has 92 valence electrons. The molecule has 1 aromatic carbocycles. The Morgan fingerprint density at radius 1 is 1.22 bits per heavy atom. The molecule has 4 heteroatoms. The summed E-state index contributed by atoms with van der Waals surface area (Å²) in [6, 6.07) is 9.64. The zero-order chi connectivity index (χ0) is 12.5. The number of anilines is 1. The number of amides is 1. The van der Waals surface area contributed by atoms with Crippen LogP contribution >= 0.6 is 0 Å². The molecule has 0 saturated carbocycles. The lowest BCUT2D eigenvalue weighted by molar-refractivity contribution is 0.100. The lowest BCUT2D eigenvalue weighted by Gasteiger charge is -2.19. The van der Waals surface area contributed by atoms with Gasteiger partial charge in [-0.3, -0.25) is 4.79 Å². The van der Waals surface area contributed by atoms with Gasteiger partial charge in [0.1, 0.15) is 5.82 Å². The summed E-state index contributed by atoms with van der Waals surface area (Å²) in [7, 11) is 0. The number of primary amides is 1. The summed E-state index contributed by atoms with van der Waals surface area (Å²) in [6.07, 6.45) is 2.29. The van der Waals surface area contributed by atoms with Gasteiger partial charge in [-0.25, -0.2) is 4.98 Å². The predicted molar refractivity (Wildman–Crippen MR) is 71.7 cm³/mol. The van der Waals surface area contributed by atoms with E-state index in [1.165, 1.54) is 0 Å². The van der Waals surface area contributed by atoms with Crippen molar-refractivity contribution in [3.05, 3.63) is 35.9 Å². The van der Waals surface area contributed by atoms with Crippen LogP contribution in [0.3, 0.4) is 0 Å². The zero-order valence-corrected chi connectivity index (χ0v) is 10.1. The number of hydrogen-bond acceptors (Lipinski definition) is 3. The van der Waals surface area contributed by atoms with E-state index in [1.807, 2.05) is 30.3 Å². The van der Waals surface area contributed by atoms with Crippen molar-refractivity contribution in [2.75, 3.05) is 18.0 Å². The second-order valence-electron chi connectivity index (χ2n) is 4.61. The topological polar surface area (TPSA) is 59.2 Å². The van der Waals surface area contributed by atoms with Gasteiger partial charge in [0.05, 0.1) is 11.1 Å². The first-order valence-corrected chi connectivity index (χ1v) is 6.20. The molecular weight excluding hydrogens is 226 g/mol. The molecule has 4 nitrogen and oxygen atoms in total. The van der Waals surface area contributed by atoms with Gasteiger partial charge in [-0.1, -0.05) is 18.2 Å². The van der Waals surface area contributed by atoms with Crippen LogP contribution in [-0.4, -0.2) is 24.0 Å². The quantitative estimate of drug-likeness (QED) is 0.874. The number of hydrogen-bond donors (Lipinski definition) is 1. The van der Waals surface area contributed by atoms with Crippen molar-refractivity contribution in [3.63, 3.8) is 0 Å². The Hall–Kier alpha value is -2.10. The van der Waals surface area contributed by atoms with Crippen molar-refractivity contribution in [2.45, 2.75) is 12.8 Å². The van der Waals surface area contributed by atoms with Gasteiger partial charge in [0.15, 0.2) is 0 Å². The van der Waals surface area contributed by atoms with Crippen molar-refractivity contribution >= 4 is 22.6 Å². The maximum Gasteiger partial charge on any atom is 0.252 e. The van der Waals surface area contributed by atoms with Crippen molar-refractivity contribution in [1.29, 1.82) is 0 Å². The van der Waals surface area contributed by atoms with E-state index in [9.17, 15) is 4.79 Å². The third-order valence-electron chi connectivity index (χ3n) is 3.37. The zero-order valence-electron chi connectivity index (χ0n) is 10.1. The number of carbonyl (C=O) groups is 1. The lowest BCUT2D eigenvalue weighted by Crippen LogP contribution is -2.24. The minimum absolute atomic E-state index is 0.407. The van der Waals surface area contributed by atoms with Gasteiger partial charge in [0.25, 0.3) is 5.91 Å². The lowest BCUT2D eigenvalue weighted by atomic mass is 10.1. The highest BCUT2D eigenvalue weighted by Crippen LogP contribution is 2.26. The normalized spacial score (nSPS) is 15.2. The Morgan fingerprint density at radius 3 is 2.67 bits per heavy atom. The largest absolute Gasteiger partial charge is 0.365 e. The number of carbonyl (C=O) groups excluding carboxylic acids is 1. The van der Waals surface area contributed by atoms with E-state index in [0.29, 0.717) is 5.56 Å². The van der Waals surface area contributed by atoms with Crippen LogP contribution in [0.5, 0.6) is 0 Å². The molecule has 0 bridgehead atoms. The number of para-hydroxylation sites is 1. The van der Waals surface area contributed by atoms with E-state index in [4.69, 9.17) is 5.73 Å². The van der Waals surface area contributed by atoms with E-state index >= 15 is 0 Å². The van der Waals surface area contributed by atoms with Crippen LogP contribution < -0.4 is 10.6 Å². The van der Waals surface area contributed by atoms with E-state index in [-0.39, 0.29) is 0 Å². The van der Waals surface area contributed by atoms with E-state index in [1.54, 1.807) is 0 Å². The fourth-order valence-electron chi connectivity index (χ4n) is 2.46. The van der Waals surface area contributed by atoms with Gasteiger partial charge >= 0.3 is 0 Å². The van der Waals surface area contributed by atoms with Crippen LogP contribution in [0, 0.1) is 0 Å². The molecule has 3 rings (SSSR count). The number of fused-ring (bicyclic) bond motifs is 1. The van der Waals surface area contributed by atoms with Crippen LogP contribution in [0.25, 0.3) is 10.9 Å². The molecule has 0 unspecified atom stereocenters. The van der Waals surface area contributed by atoms with Crippen LogP contribution in [-0.2, 0) is 0 Å². The molecule has 1 aliphatic heterocycles. The maximum atomic E-state index is 11.6. The fourth-order valence-corrected chi connectivity index (χ4v) is 2.46. The summed E-state index contributed by atoms with van der Waals surface area (Å²) >= 11 is 0. The molecule has 0 atom stereocenters. The first-order valence-electron chi connectivity index (χ1n) is 6.20. The molecule has 0 aliphatic carbocycles. The average Bonchev–Trinajstić information content (AvgIpc) is 2.91. The van der Waals surface area contributed by atoms with Gasteiger partial charge in [0.2, 0.25) is 0 Å². The van der Waals surface area contributed by atoms with Crippen molar-refractivity contribution < 1.29 is 4.79 Å². The van der Waals surface area contributed by atoms with Crippen molar-refractivity contribution in [2.24, 2.45) is 5.73 Å². The third kappa shape index (κ3) is 1.79. The number of aromatic nitrogens is 1. The van der Waals surface area contributed by atoms with E-state index in [2.05, 4.69) is 9.88 Å². The van der Waals surface area contributed by atoms with Gasteiger partial charge < -0.3 is 10.6 Å². The molecule has 0 radical (unpaired) electrons. The van der Waals surface area contributed by atoms with Gasteiger partial charge in [-0.15, -0.1) is 0 Å². The highest BCUT2D eigenvalue weighted by atomic mass is 16.1. The van der Waals surface area contributed by atoms with Crippen molar-refractivity contribution in [3.8, 4) is 0 Å². The molecule has 0 spiro atoms. The molecule has 1 aromatic heterocycles. The third-order valence-corrected chi connectivity index (χ3v) is 3.37. The first kappa shape index (κ1) is 11.0. The minimum atomic E-state index is -0.407. The second-order valence-corrected chi connectivity index (χ2v) is 4.61. The minimum Gasteiger partial charge on any atom is -0.365 e. The standard InChI is InChI=1S/C14H15N3O/c15-13(18)11-9-10-5-1-2-6-12(10)16-14(11)17-7-3-4-8-17/h1-2,5-6,9H,3-4,7-8H2,(H2,15,18). The van der Waals surface area contributed by atoms with E-state index in [0.717, 1.165) is 42.7 Å². The second kappa shape index (κ2) is 4.29. The van der Waals surface area contributed by atoms with Crippen LogP contribution in [0.4, 0.5) is 5.82 Å². The van der Waals surface area contributed by atoms with E-state index < -0.39 is 5.91 Å². The smallest absolute Gasteiger partial charge is 0.252 e. The maximum absolute atomic E-state index is 11.6. The molecular formula is C14H15N3O. The molecule has 2 N–H and O–H groups in total. The highest BCUT2D eigenvalue weighted by Gasteiger charge is 2.20. The Morgan fingerprint density at radius 2 is 1.94 bits per heavy atom. The van der Waals surface area contributed by atoms with Gasteiger partial charge in [-0.05, 0) is 25.0 Å². The summed E-state index contributed by atoms with van der Waals surface area (Å²) in [4.78, 5) is 18.3. The summed E-state index contributed by atoms with van der Waals surface area (Å²) in [5.74, 6) is 0.328. The molecule has 18 heavy (non-hydrogen) atoms. The molecule has 2 heterocycles. The fraction of sp³-hybridized carbons (Fsp3) is 0.286. The number of rotatable bonds is 2. The summed E-state index contributed by atoms with van der Waals surface area (Å²) in [6.45, 7) is 1.90. The Kier molecular flexibility index (Phi) is 2.63. The van der Waals surface area contributed by atoms with Gasteiger partial charge in [0, 0.05) is 18.5 Å². The number of nitrogens with two attached hydrogens (primary N) is 1. The Bertz CT molecular complexity index is 603. The molecule has 2 aromatic rings. The predicted octanol–water partition coefficient (Wildman–Crippen LogP) is 1.93. The van der Waals surface area contributed by atoms with Gasteiger partial charge in [-0.2, -0.15) is 0 Å².